The van der Waals surface area contributed by atoms with Gasteiger partial charge < -0.3 is 18.9 Å². The Morgan fingerprint density at radius 2 is 1.04 bits per heavy atom. The van der Waals surface area contributed by atoms with Crippen molar-refractivity contribution in [3.8, 4) is 0 Å². The molecular formula is C45H85NO7P+. The molecule has 316 valence electrons. The predicted octanol–water partition coefficient (Wildman–Crippen LogP) is 12.8. The van der Waals surface area contributed by atoms with Crippen molar-refractivity contribution in [3.05, 3.63) is 48.6 Å². The van der Waals surface area contributed by atoms with Crippen molar-refractivity contribution in [2.45, 2.75) is 180 Å². The summed E-state index contributed by atoms with van der Waals surface area (Å²) in [5, 5.41) is 0. The minimum atomic E-state index is -4.28. The molecule has 0 aliphatic heterocycles. The van der Waals surface area contributed by atoms with Gasteiger partial charge in [0.2, 0.25) is 0 Å². The molecule has 0 saturated heterocycles. The minimum Gasteiger partial charge on any atom is -0.457 e. The lowest BCUT2D eigenvalue weighted by atomic mass is 10.1. The number of quaternary nitrogens is 1. The van der Waals surface area contributed by atoms with Gasteiger partial charge in [-0.05, 0) is 70.6 Å². The van der Waals surface area contributed by atoms with Gasteiger partial charge in [-0.2, -0.15) is 0 Å². The van der Waals surface area contributed by atoms with Crippen LogP contribution in [0.4, 0.5) is 0 Å². The van der Waals surface area contributed by atoms with E-state index in [-0.39, 0.29) is 25.8 Å². The molecule has 0 fully saturated rings. The van der Waals surface area contributed by atoms with E-state index in [1.165, 1.54) is 89.9 Å². The fraction of sp³-hybridized carbons (Fsp3) is 0.800. The van der Waals surface area contributed by atoms with Gasteiger partial charge in [-0.3, -0.25) is 13.8 Å². The summed E-state index contributed by atoms with van der Waals surface area (Å²) in [5.41, 5.74) is 0. The first-order valence-corrected chi connectivity index (χ1v) is 23.4. The van der Waals surface area contributed by atoms with Crippen LogP contribution in [0.3, 0.4) is 0 Å². The lowest BCUT2D eigenvalue weighted by molar-refractivity contribution is -0.870. The predicted molar refractivity (Wildman–Crippen MR) is 229 cm³/mol. The first-order chi connectivity index (χ1) is 26.1. The van der Waals surface area contributed by atoms with Crippen LogP contribution in [-0.2, 0) is 27.9 Å². The molecule has 0 saturated carbocycles. The normalized spacial score (nSPS) is 14.3. The van der Waals surface area contributed by atoms with E-state index in [0.717, 1.165) is 64.2 Å². The number of esters is 1. The summed E-state index contributed by atoms with van der Waals surface area (Å²) in [6.45, 7) is 5.52. The highest BCUT2D eigenvalue weighted by Gasteiger charge is 2.26. The van der Waals surface area contributed by atoms with Gasteiger partial charge in [0.05, 0.1) is 34.4 Å². The summed E-state index contributed by atoms with van der Waals surface area (Å²) in [5.74, 6) is -0.331. The van der Waals surface area contributed by atoms with Gasteiger partial charge in [0.1, 0.15) is 19.3 Å². The lowest BCUT2D eigenvalue weighted by Crippen LogP contribution is -2.37. The van der Waals surface area contributed by atoms with Crippen LogP contribution in [0.25, 0.3) is 0 Å². The van der Waals surface area contributed by atoms with Crippen LogP contribution >= 0.6 is 7.82 Å². The molecule has 0 aromatic rings. The Morgan fingerprint density at radius 1 is 0.574 bits per heavy atom. The number of hydrogen-bond acceptors (Lipinski definition) is 6. The van der Waals surface area contributed by atoms with Gasteiger partial charge in [-0.25, -0.2) is 4.57 Å². The Morgan fingerprint density at radius 3 is 1.56 bits per heavy atom. The number of ether oxygens (including phenoxy) is 2. The number of carbonyl (C=O) groups excluding carboxylic acids is 1. The molecule has 2 unspecified atom stereocenters. The Hall–Kier alpha value is -1.54. The third-order valence-corrected chi connectivity index (χ3v) is 10.1. The third-order valence-electron chi connectivity index (χ3n) is 9.11. The van der Waals surface area contributed by atoms with Crippen LogP contribution in [0.15, 0.2) is 48.6 Å². The standard InChI is InChI=1S/C45H84NO7P/c1-6-8-10-12-14-16-18-20-22-23-24-25-27-29-31-33-35-37-40-50-42-44(43-52-54(48,49)51-41-39-46(3,4)5)53-45(47)38-36-34-32-30-28-26-21-19-17-15-13-11-9-7-2/h13-16,19-22,44H,6-12,17-18,23-43H2,1-5H3/p+1/b15-13-,16-14-,21-19-,22-20-. The van der Waals surface area contributed by atoms with Gasteiger partial charge in [0, 0.05) is 13.0 Å². The van der Waals surface area contributed by atoms with Crippen molar-refractivity contribution in [1.29, 1.82) is 0 Å². The van der Waals surface area contributed by atoms with Crippen LogP contribution in [0.5, 0.6) is 0 Å². The molecule has 0 aliphatic rings. The Labute approximate surface area is 333 Å². The van der Waals surface area contributed by atoms with Gasteiger partial charge in [-0.15, -0.1) is 0 Å². The molecule has 54 heavy (non-hydrogen) atoms. The fourth-order valence-corrected chi connectivity index (χ4v) is 6.40. The van der Waals surface area contributed by atoms with Gasteiger partial charge in [-0.1, -0.05) is 146 Å². The second-order valence-corrected chi connectivity index (χ2v) is 17.2. The highest BCUT2D eigenvalue weighted by molar-refractivity contribution is 7.47. The summed E-state index contributed by atoms with van der Waals surface area (Å²) in [7, 11) is 1.65. The highest BCUT2D eigenvalue weighted by Crippen LogP contribution is 2.43. The molecule has 0 amide bonds. The van der Waals surface area contributed by atoms with E-state index in [2.05, 4.69) is 62.5 Å². The van der Waals surface area contributed by atoms with Crippen molar-refractivity contribution in [2.24, 2.45) is 0 Å². The van der Waals surface area contributed by atoms with Crippen LogP contribution in [0.1, 0.15) is 174 Å². The molecule has 0 radical (unpaired) electrons. The van der Waals surface area contributed by atoms with Crippen LogP contribution in [-0.4, -0.2) is 75.6 Å². The second kappa shape index (κ2) is 38.3. The van der Waals surface area contributed by atoms with Crippen molar-refractivity contribution in [3.63, 3.8) is 0 Å². The Kier molecular flexibility index (Phi) is 37.2. The number of carbonyl (C=O) groups is 1. The molecule has 0 spiro atoms. The molecule has 0 aliphatic carbocycles. The van der Waals surface area contributed by atoms with Crippen LogP contribution in [0, 0.1) is 0 Å². The molecule has 0 rings (SSSR count). The maximum Gasteiger partial charge on any atom is 0.472 e. The molecule has 0 aromatic heterocycles. The van der Waals surface area contributed by atoms with Crippen molar-refractivity contribution in [1.82, 2.24) is 0 Å². The third kappa shape index (κ3) is 41.6. The van der Waals surface area contributed by atoms with E-state index in [9.17, 15) is 14.3 Å². The quantitative estimate of drug-likeness (QED) is 0.0218. The summed E-state index contributed by atoms with van der Waals surface area (Å²) >= 11 is 0. The number of phosphoric ester groups is 1. The summed E-state index contributed by atoms with van der Waals surface area (Å²) < 4.78 is 35.0. The van der Waals surface area contributed by atoms with Gasteiger partial charge in [0.25, 0.3) is 0 Å². The highest BCUT2D eigenvalue weighted by atomic mass is 31.2. The Balaban J connectivity index is 4.26. The van der Waals surface area contributed by atoms with Gasteiger partial charge >= 0.3 is 13.8 Å². The minimum absolute atomic E-state index is 0.0830. The van der Waals surface area contributed by atoms with Gasteiger partial charge in [0.15, 0.2) is 0 Å². The molecule has 1 N–H and O–H groups in total. The van der Waals surface area contributed by atoms with Crippen LogP contribution < -0.4 is 0 Å². The zero-order valence-corrected chi connectivity index (χ0v) is 36.6. The molecule has 0 bridgehead atoms. The first-order valence-electron chi connectivity index (χ1n) is 21.9. The number of rotatable bonds is 40. The SMILES string of the molecule is CCCC/C=C\C/C=C\CCCCCCCC(=O)OC(COCCCCCCCCCC/C=C\C/C=C\CCCCC)COP(=O)(O)OCC[N+](C)(C)C. The maximum atomic E-state index is 12.7. The zero-order valence-electron chi connectivity index (χ0n) is 35.7. The van der Waals surface area contributed by atoms with E-state index >= 15 is 0 Å². The summed E-state index contributed by atoms with van der Waals surface area (Å²) in [6.07, 6.45) is 45.6. The molecular weight excluding hydrogens is 697 g/mol. The van der Waals surface area contributed by atoms with E-state index < -0.39 is 13.9 Å². The fourth-order valence-electron chi connectivity index (χ4n) is 5.66. The van der Waals surface area contributed by atoms with Crippen LogP contribution in [0.2, 0.25) is 0 Å². The average molecular weight is 783 g/mol. The van der Waals surface area contributed by atoms with Crippen molar-refractivity contribution in [2.75, 3.05) is 54.1 Å². The number of allylic oxidation sites excluding steroid dienone is 8. The molecule has 8 nitrogen and oxygen atoms in total. The number of unbranched alkanes of at least 4 members (excludes halogenated alkanes) is 18. The molecule has 9 heteroatoms. The number of likely N-dealkylation sites (N-methyl/N-ethyl adjacent to an activating group) is 1. The van der Waals surface area contributed by atoms with Crippen molar-refractivity contribution < 1.29 is 37.3 Å². The second-order valence-electron chi connectivity index (χ2n) is 15.7. The Bertz CT molecular complexity index is 1000. The number of hydrogen-bond donors (Lipinski definition) is 1. The summed E-state index contributed by atoms with van der Waals surface area (Å²) in [6, 6.07) is 0. The molecule has 0 aromatic carbocycles. The van der Waals surface area contributed by atoms with E-state index in [1.807, 2.05) is 21.1 Å². The van der Waals surface area contributed by atoms with E-state index in [4.69, 9.17) is 18.5 Å². The lowest BCUT2D eigenvalue weighted by Gasteiger charge is -2.24. The topological polar surface area (TPSA) is 91.3 Å². The first kappa shape index (κ1) is 52.5. The van der Waals surface area contributed by atoms with E-state index in [1.54, 1.807) is 0 Å². The monoisotopic (exact) mass is 783 g/mol. The van der Waals surface area contributed by atoms with Crippen molar-refractivity contribution >= 4 is 13.8 Å². The number of nitrogens with zero attached hydrogens (tertiary/aromatic N) is 1. The molecule has 0 heterocycles. The summed E-state index contributed by atoms with van der Waals surface area (Å²) in [4.78, 5) is 22.9. The zero-order chi connectivity index (χ0) is 39.9. The maximum absolute atomic E-state index is 12.7. The van der Waals surface area contributed by atoms with E-state index in [0.29, 0.717) is 24.1 Å². The average Bonchev–Trinajstić information content (AvgIpc) is 3.12. The smallest absolute Gasteiger partial charge is 0.457 e. The number of phosphoric acid groups is 1. The molecule has 2 atom stereocenters. The largest absolute Gasteiger partial charge is 0.472 e.